The standard InChI is InChI=1S/C95H62/c1-59-44-53-76-73(65-49-51-66(52-50-65)83-57-85(71-35-16-34-70(56-71)61-24-8-3-9-25-61)89(69-29-12-5-13-30-69)93-80-42-19-33-68-32-18-41-79(88(68)80)91(83)93)37-20-40-78(76)87(59)95-84(67-47-45-62(46-48-67)60-22-6-2-7-23-60)58-86(75-38-17-31-64-28-14-15-36-72(64)75)92-82-55-54-74(63-26-10-4-11-27-63)77-39-21-43-81(90(77)82)94(92)95/h2-59,87H,1H3. The molecule has 0 aromatic heterocycles. The van der Waals surface area contributed by atoms with Crippen molar-refractivity contribution in [2.24, 2.45) is 5.92 Å². The second-order valence-corrected chi connectivity index (χ2v) is 26.1. The lowest BCUT2D eigenvalue weighted by Crippen LogP contribution is -2.17. The number of hydrogen-bond donors (Lipinski definition) is 0. The van der Waals surface area contributed by atoms with Crippen molar-refractivity contribution in [3.63, 3.8) is 0 Å². The number of fused-ring (bicyclic) bond motifs is 8. The van der Waals surface area contributed by atoms with Crippen molar-refractivity contribution in [3.8, 4) is 145 Å². The fraction of sp³-hybridized carbons (Fsp3) is 0.0316. The third kappa shape index (κ3) is 8.75. The Morgan fingerprint density at radius 3 is 1.37 bits per heavy atom. The Hall–Kier alpha value is -12.0. The molecule has 2 unspecified atom stereocenters. The zero-order chi connectivity index (χ0) is 62.7. The minimum atomic E-state index is 0.000347. The monoisotopic (exact) mass is 1200 g/mol. The maximum atomic E-state index is 2.58. The summed E-state index contributed by atoms with van der Waals surface area (Å²) in [5.41, 5.74) is 36.4. The van der Waals surface area contributed by atoms with E-state index in [-0.39, 0.29) is 11.8 Å². The molecule has 0 aliphatic heterocycles. The smallest absolute Gasteiger partial charge is 0.0168 e. The lowest BCUT2D eigenvalue weighted by molar-refractivity contribution is 0.621. The van der Waals surface area contributed by atoms with E-state index < -0.39 is 0 Å². The minimum absolute atomic E-state index is 0.000347. The van der Waals surface area contributed by atoms with Crippen LogP contribution in [0.3, 0.4) is 0 Å². The van der Waals surface area contributed by atoms with E-state index in [0.717, 1.165) is 0 Å². The van der Waals surface area contributed by atoms with Gasteiger partial charge in [-0.15, -0.1) is 0 Å². The number of hydrogen-bond acceptors (Lipinski definition) is 0. The van der Waals surface area contributed by atoms with Crippen LogP contribution in [0.4, 0.5) is 0 Å². The van der Waals surface area contributed by atoms with Gasteiger partial charge in [-0.2, -0.15) is 0 Å². The SMILES string of the molecule is CC1C=Cc2c(-c3ccc(-c4cc(-c5cccc(-c6ccccc6)c5)c(-c5ccccc5)c5c4-c4cccc6cccc-5c46)cc3)cccc2C1c1c(-c2ccc(-c3ccccc3)cc2)cc(-c2cccc3ccccc23)c2c1-c1cccc3c(-c4ccccc4)ccc-2c13. The summed E-state index contributed by atoms with van der Waals surface area (Å²) >= 11 is 0. The van der Waals surface area contributed by atoms with Crippen LogP contribution in [0.2, 0.25) is 0 Å². The van der Waals surface area contributed by atoms with Gasteiger partial charge in [0.2, 0.25) is 0 Å². The van der Waals surface area contributed by atoms with Crippen LogP contribution in [0.15, 0.2) is 340 Å². The molecule has 0 amide bonds. The van der Waals surface area contributed by atoms with Gasteiger partial charge in [-0.25, -0.2) is 0 Å². The molecule has 0 fully saturated rings. The minimum Gasteiger partial charge on any atom is -0.0801 e. The van der Waals surface area contributed by atoms with E-state index in [9.17, 15) is 0 Å². The molecule has 2 atom stereocenters. The van der Waals surface area contributed by atoms with Crippen LogP contribution in [-0.2, 0) is 0 Å². The Morgan fingerprint density at radius 1 is 0.221 bits per heavy atom. The molecule has 3 aliphatic rings. The Bertz CT molecular complexity index is 5790. The average Bonchev–Trinajstić information content (AvgIpc) is 1.58. The van der Waals surface area contributed by atoms with Crippen LogP contribution in [0, 0.1) is 5.92 Å². The van der Waals surface area contributed by atoms with E-state index in [2.05, 4.69) is 353 Å². The molecule has 0 saturated heterocycles. The summed E-state index contributed by atoms with van der Waals surface area (Å²) in [5.74, 6) is 0.162. The molecule has 95 heavy (non-hydrogen) atoms. The Labute approximate surface area is 554 Å². The van der Waals surface area contributed by atoms with Gasteiger partial charge >= 0.3 is 0 Å². The lowest BCUT2D eigenvalue weighted by Gasteiger charge is -2.34. The number of rotatable bonds is 10. The molecule has 0 radical (unpaired) electrons. The zero-order valence-electron chi connectivity index (χ0n) is 52.6. The van der Waals surface area contributed by atoms with Gasteiger partial charge in [0.05, 0.1) is 0 Å². The summed E-state index contributed by atoms with van der Waals surface area (Å²) < 4.78 is 0. The first-order valence-corrected chi connectivity index (χ1v) is 33.4. The van der Waals surface area contributed by atoms with Crippen LogP contribution in [0.5, 0.6) is 0 Å². The molecule has 442 valence electrons. The van der Waals surface area contributed by atoms with Gasteiger partial charge in [-0.05, 0) is 218 Å². The number of benzene rings is 16. The zero-order valence-corrected chi connectivity index (χ0v) is 52.6. The van der Waals surface area contributed by atoms with Crippen molar-refractivity contribution in [1.82, 2.24) is 0 Å². The van der Waals surface area contributed by atoms with Gasteiger partial charge < -0.3 is 0 Å². The molecule has 0 bridgehead atoms. The molecule has 0 heterocycles. The molecular formula is C95H62. The van der Waals surface area contributed by atoms with Crippen LogP contribution in [0.25, 0.3) is 183 Å². The molecule has 0 heteroatoms. The van der Waals surface area contributed by atoms with Gasteiger partial charge in [-0.1, -0.05) is 335 Å². The second kappa shape index (κ2) is 22.1. The molecule has 16 aromatic rings. The van der Waals surface area contributed by atoms with Crippen molar-refractivity contribution < 1.29 is 0 Å². The first-order valence-electron chi connectivity index (χ1n) is 33.4. The highest BCUT2D eigenvalue weighted by Crippen LogP contribution is 2.61. The summed E-state index contributed by atoms with van der Waals surface area (Å²) in [6.45, 7) is 2.45. The second-order valence-electron chi connectivity index (χ2n) is 26.1. The summed E-state index contributed by atoms with van der Waals surface area (Å²) in [4.78, 5) is 0. The van der Waals surface area contributed by atoms with E-state index >= 15 is 0 Å². The highest BCUT2D eigenvalue weighted by molar-refractivity contribution is 6.25. The molecule has 16 aromatic carbocycles. The van der Waals surface area contributed by atoms with Crippen molar-refractivity contribution in [2.45, 2.75) is 12.8 Å². The van der Waals surface area contributed by atoms with Crippen molar-refractivity contribution in [2.75, 3.05) is 0 Å². The third-order valence-electron chi connectivity index (χ3n) is 20.9. The average molecular weight is 1200 g/mol. The summed E-state index contributed by atoms with van der Waals surface area (Å²) in [6.07, 6.45) is 4.93. The van der Waals surface area contributed by atoms with E-state index in [4.69, 9.17) is 0 Å². The normalized spacial score (nSPS) is 13.9. The Kier molecular flexibility index (Phi) is 12.8. The molecule has 0 nitrogen and oxygen atoms in total. The quantitative estimate of drug-likeness (QED) is 0.128. The first kappa shape index (κ1) is 54.7. The number of allylic oxidation sites excluding steroid dienone is 1. The molecule has 3 aliphatic carbocycles. The van der Waals surface area contributed by atoms with Crippen molar-refractivity contribution in [1.29, 1.82) is 0 Å². The molecule has 0 N–H and O–H groups in total. The van der Waals surface area contributed by atoms with Crippen LogP contribution in [0.1, 0.15) is 29.5 Å². The largest absolute Gasteiger partial charge is 0.0801 e. The third-order valence-corrected chi connectivity index (χ3v) is 20.9. The maximum Gasteiger partial charge on any atom is 0.0168 e. The predicted molar refractivity (Wildman–Crippen MR) is 403 cm³/mol. The van der Waals surface area contributed by atoms with E-state index in [1.165, 1.54) is 194 Å². The summed E-state index contributed by atoms with van der Waals surface area (Å²) in [6, 6.07) is 125. The van der Waals surface area contributed by atoms with Gasteiger partial charge in [0.25, 0.3) is 0 Å². The fourth-order valence-electron chi connectivity index (χ4n) is 16.7. The van der Waals surface area contributed by atoms with Crippen molar-refractivity contribution in [3.05, 3.63) is 356 Å². The van der Waals surface area contributed by atoms with Crippen LogP contribution >= 0.6 is 0 Å². The summed E-state index contributed by atoms with van der Waals surface area (Å²) in [7, 11) is 0. The Balaban J connectivity index is 0.816. The van der Waals surface area contributed by atoms with Gasteiger partial charge in [-0.3, -0.25) is 0 Å². The van der Waals surface area contributed by atoms with Gasteiger partial charge in [0.15, 0.2) is 0 Å². The van der Waals surface area contributed by atoms with E-state index in [1.54, 1.807) is 0 Å². The van der Waals surface area contributed by atoms with Crippen molar-refractivity contribution >= 4 is 38.4 Å². The fourth-order valence-corrected chi connectivity index (χ4v) is 16.7. The van der Waals surface area contributed by atoms with Gasteiger partial charge in [0, 0.05) is 5.92 Å². The van der Waals surface area contributed by atoms with Crippen LogP contribution in [-0.4, -0.2) is 0 Å². The molecule has 19 rings (SSSR count). The highest BCUT2D eigenvalue weighted by atomic mass is 14.4. The summed E-state index contributed by atoms with van der Waals surface area (Å²) in [5, 5.41) is 7.67. The molecule has 0 spiro atoms. The predicted octanol–water partition coefficient (Wildman–Crippen LogP) is 26.2. The molecule has 0 saturated carbocycles. The van der Waals surface area contributed by atoms with E-state index in [0.29, 0.717) is 0 Å². The first-order chi connectivity index (χ1) is 47.1. The van der Waals surface area contributed by atoms with Gasteiger partial charge in [0.1, 0.15) is 0 Å². The topological polar surface area (TPSA) is 0 Å². The highest BCUT2D eigenvalue weighted by Gasteiger charge is 2.38. The molecular weight excluding hydrogens is 1140 g/mol. The Morgan fingerprint density at radius 2 is 0.653 bits per heavy atom. The lowest BCUT2D eigenvalue weighted by atomic mass is 9.69. The maximum absolute atomic E-state index is 2.58. The van der Waals surface area contributed by atoms with E-state index in [1.807, 2.05) is 0 Å². The van der Waals surface area contributed by atoms with Crippen LogP contribution < -0.4 is 0 Å².